The van der Waals surface area contributed by atoms with E-state index in [9.17, 15) is 14.4 Å². The van der Waals surface area contributed by atoms with Crippen LogP contribution in [0.25, 0.3) is 0 Å². The first-order chi connectivity index (χ1) is 9.56. The van der Waals surface area contributed by atoms with Gasteiger partial charge >= 0.3 is 11.9 Å². The van der Waals surface area contributed by atoms with Gasteiger partial charge < -0.3 is 15.2 Å². The van der Waals surface area contributed by atoms with Gasteiger partial charge in [-0.2, -0.15) is 0 Å². The SMILES string of the molecule is CCOC(=O)CCCNC(=O)[C@@H]1CCCC[C@@H]1C(=O)O. The zero-order valence-corrected chi connectivity index (χ0v) is 11.9. The molecule has 0 radical (unpaired) electrons. The average molecular weight is 285 g/mol. The normalized spacial score (nSPS) is 22.1. The molecule has 0 spiro atoms. The van der Waals surface area contributed by atoms with E-state index in [2.05, 4.69) is 5.32 Å². The maximum Gasteiger partial charge on any atom is 0.307 e. The number of rotatable bonds is 7. The molecule has 1 amide bonds. The fourth-order valence-electron chi connectivity index (χ4n) is 2.55. The van der Waals surface area contributed by atoms with Gasteiger partial charge in [-0.25, -0.2) is 0 Å². The summed E-state index contributed by atoms with van der Waals surface area (Å²) in [6.45, 7) is 2.48. The van der Waals surface area contributed by atoms with Crippen LogP contribution in [0, 0.1) is 11.8 Å². The highest BCUT2D eigenvalue weighted by atomic mass is 16.5. The van der Waals surface area contributed by atoms with Crippen molar-refractivity contribution in [2.45, 2.75) is 45.4 Å². The molecule has 20 heavy (non-hydrogen) atoms. The third-order valence-corrected chi connectivity index (χ3v) is 3.58. The third-order valence-electron chi connectivity index (χ3n) is 3.58. The summed E-state index contributed by atoms with van der Waals surface area (Å²) in [6, 6.07) is 0. The summed E-state index contributed by atoms with van der Waals surface area (Å²) in [6.07, 6.45) is 3.72. The fraction of sp³-hybridized carbons (Fsp3) is 0.786. The number of carbonyl (C=O) groups excluding carboxylic acids is 2. The Labute approximate surface area is 118 Å². The number of carboxylic acid groups (broad SMARTS) is 1. The quantitative estimate of drug-likeness (QED) is 0.544. The molecule has 2 N–H and O–H groups in total. The molecule has 0 bridgehead atoms. The second-order valence-corrected chi connectivity index (χ2v) is 5.04. The molecule has 0 aromatic rings. The molecule has 0 heterocycles. The van der Waals surface area contributed by atoms with Crippen molar-refractivity contribution >= 4 is 17.8 Å². The zero-order chi connectivity index (χ0) is 15.0. The molecule has 0 aromatic heterocycles. The van der Waals surface area contributed by atoms with Crippen molar-refractivity contribution in [3.8, 4) is 0 Å². The topological polar surface area (TPSA) is 92.7 Å². The lowest BCUT2D eigenvalue weighted by atomic mass is 9.78. The van der Waals surface area contributed by atoms with Gasteiger partial charge in [-0.15, -0.1) is 0 Å². The molecular formula is C14H23NO5. The van der Waals surface area contributed by atoms with Gasteiger partial charge in [-0.3, -0.25) is 14.4 Å². The highest BCUT2D eigenvalue weighted by Gasteiger charge is 2.35. The Morgan fingerprint density at radius 3 is 2.45 bits per heavy atom. The Balaban J connectivity index is 2.30. The molecule has 1 saturated carbocycles. The van der Waals surface area contributed by atoms with Crippen LogP contribution in [0.1, 0.15) is 45.4 Å². The first-order valence-corrected chi connectivity index (χ1v) is 7.22. The number of ether oxygens (including phenoxy) is 1. The molecule has 6 heteroatoms. The summed E-state index contributed by atoms with van der Waals surface area (Å²) in [7, 11) is 0. The molecule has 0 aliphatic heterocycles. The number of carboxylic acids is 1. The van der Waals surface area contributed by atoms with Crippen LogP contribution >= 0.6 is 0 Å². The number of amides is 1. The molecule has 1 aliphatic carbocycles. The van der Waals surface area contributed by atoms with Gasteiger partial charge in [0, 0.05) is 13.0 Å². The largest absolute Gasteiger partial charge is 0.481 e. The monoisotopic (exact) mass is 285 g/mol. The van der Waals surface area contributed by atoms with Gasteiger partial charge in [0.05, 0.1) is 18.4 Å². The van der Waals surface area contributed by atoms with Crippen molar-refractivity contribution in [2.75, 3.05) is 13.2 Å². The summed E-state index contributed by atoms with van der Waals surface area (Å²) in [4.78, 5) is 34.2. The minimum absolute atomic E-state index is 0.207. The predicted molar refractivity (Wildman–Crippen MR) is 72.0 cm³/mol. The second-order valence-electron chi connectivity index (χ2n) is 5.04. The van der Waals surface area contributed by atoms with Gasteiger partial charge in [0.1, 0.15) is 0 Å². The number of hydrogen-bond donors (Lipinski definition) is 2. The van der Waals surface area contributed by atoms with Crippen LogP contribution in [0.2, 0.25) is 0 Å². The molecule has 6 nitrogen and oxygen atoms in total. The number of aliphatic carboxylic acids is 1. The van der Waals surface area contributed by atoms with E-state index in [4.69, 9.17) is 9.84 Å². The third kappa shape index (κ3) is 5.19. The van der Waals surface area contributed by atoms with Crippen molar-refractivity contribution in [1.29, 1.82) is 0 Å². The van der Waals surface area contributed by atoms with Crippen LogP contribution in [-0.4, -0.2) is 36.1 Å². The van der Waals surface area contributed by atoms with E-state index in [1.165, 1.54) is 0 Å². The average Bonchev–Trinajstić information content (AvgIpc) is 2.43. The summed E-state index contributed by atoms with van der Waals surface area (Å²) < 4.78 is 4.78. The Morgan fingerprint density at radius 1 is 1.20 bits per heavy atom. The van der Waals surface area contributed by atoms with Crippen LogP contribution in [0.5, 0.6) is 0 Å². The van der Waals surface area contributed by atoms with Crippen LogP contribution in [-0.2, 0) is 19.1 Å². The van der Waals surface area contributed by atoms with E-state index >= 15 is 0 Å². The molecule has 0 aromatic carbocycles. The summed E-state index contributed by atoms with van der Waals surface area (Å²) in [5.74, 6) is -2.39. The van der Waals surface area contributed by atoms with Crippen molar-refractivity contribution in [1.82, 2.24) is 5.32 Å². The van der Waals surface area contributed by atoms with Crippen LogP contribution in [0.4, 0.5) is 0 Å². The Morgan fingerprint density at radius 2 is 1.85 bits per heavy atom. The van der Waals surface area contributed by atoms with E-state index in [0.29, 0.717) is 32.4 Å². The first-order valence-electron chi connectivity index (χ1n) is 7.22. The molecule has 0 saturated heterocycles. The van der Waals surface area contributed by atoms with Crippen LogP contribution < -0.4 is 5.32 Å². The number of carbonyl (C=O) groups is 3. The lowest BCUT2D eigenvalue weighted by molar-refractivity contribution is -0.148. The number of nitrogens with one attached hydrogen (secondary N) is 1. The molecule has 1 rings (SSSR count). The predicted octanol–water partition coefficient (Wildman–Crippen LogP) is 1.34. The lowest BCUT2D eigenvalue weighted by Crippen LogP contribution is -2.40. The molecule has 2 atom stereocenters. The Hall–Kier alpha value is -1.59. The molecule has 114 valence electrons. The minimum atomic E-state index is -0.892. The van der Waals surface area contributed by atoms with Gasteiger partial charge in [0.2, 0.25) is 5.91 Å². The Bertz CT molecular complexity index is 355. The van der Waals surface area contributed by atoms with Crippen molar-refractivity contribution < 1.29 is 24.2 Å². The molecular weight excluding hydrogens is 262 g/mol. The lowest BCUT2D eigenvalue weighted by Gasteiger charge is -2.27. The maximum atomic E-state index is 12.0. The van der Waals surface area contributed by atoms with Crippen molar-refractivity contribution in [3.63, 3.8) is 0 Å². The minimum Gasteiger partial charge on any atom is -0.481 e. The highest BCUT2D eigenvalue weighted by molar-refractivity contribution is 5.84. The van der Waals surface area contributed by atoms with Gasteiger partial charge in [0.25, 0.3) is 0 Å². The van der Waals surface area contributed by atoms with Crippen LogP contribution in [0.3, 0.4) is 0 Å². The first kappa shape index (κ1) is 16.5. The number of esters is 1. The maximum absolute atomic E-state index is 12.0. The van der Waals surface area contributed by atoms with E-state index in [1.807, 2.05) is 0 Å². The van der Waals surface area contributed by atoms with Gasteiger partial charge in [-0.05, 0) is 26.2 Å². The molecule has 1 aliphatic rings. The number of hydrogen-bond acceptors (Lipinski definition) is 4. The van der Waals surface area contributed by atoms with Crippen molar-refractivity contribution in [3.05, 3.63) is 0 Å². The highest BCUT2D eigenvalue weighted by Crippen LogP contribution is 2.30. The van der Waals surface area contributed by atoms with E-state index in [0.717, 1.165) is 12.8 Å². The Kier molecular flexibility index (Phi) is 7.04. The standard InChI is InChI=1S/C14H23NO5/c1-2-20-12(16)8-5-9-15-13(17)10-6-3-4-7-11(10)14(18)19/h10-11H,2-9H2,1H3,(H,15,17)(H,18,19)/t10-,11+/m1/s1. The summed E-state index contributed by atoms with van der Waals surface area (Å²) in [5.41, 5.74) is 0. The molecule has 1 fully saturated rings. The smallest absolute Gasteiger partial charge is 0.307 e. The molecule has 0 unspecified atom stereocenters. The fourth-order valence-corrected chi connectivity index (χ4v) is 2.55. The summed E-state index contributed by atoms with van der Waals surface area (Å²) >= 11 is 0. The van der Waals surface area contributed by atoms with Gasteiger partial charge in [-0.1, -0.05) is 12.8 Å². The van der Waals surface area contributed by atoms with Crippen LogP contribution in [0.15, 0.2) is 0 Å². The van der Waals surface area contributed by atoms with Crippen molar-refractivity contribution in [2.24, 2.45) is 11.8 Å². The second kappa shape index (κ2) is 8.55. The summed E-state index contributed by atoms with van der Waals surface area (Å²) in [5, 5.41) is 11.8. The van der Waals surface area contributed by atoms with Gasteiger partial charge in [0.15, 0.2) is 0 Å². The zero-order valence-electron chi connectivity index (χ0n) is 11.9. The van der Waals surface area contributed by atoms with E-state index in [-0.39, 0.29) is 18.3 Å². The van der Waals surface area contributed by atoms with E-state index in [1.54, 1.807) is 6.92 Å². The van der Waals surface area contributed by atoms with E-state index < -0.39 is 17.8 Å².